The second kappa shape index (κ2) is 5.95. The number of hydrogen-bond donors (Lipinski definition) is 1. The Bertz CT molecular complexity index is 531. The number of ether oxygens (including phenoxy) is 1. The van der Waals surface area contributed by atoms with Gasteiger partial charge in [-0.2, -0.15) is 0 Å². The van der Waals surface area contributed by atoms with E-state index >= 15 is 0 Å². The molecule has 1 amide bonds. The molecule has 1 fully saturated rings. The van der Waals surface area contributed by atoms with E-state index in [0.29, 0.717) is 23.1 Å². The molecule has 110 valence electrons. The molecule has 1 heterocycles. The first kappa shape index (κ1) is 15.0. The second-order valence-corrected chi connectivity index (χ2v) is 6.55. The van der Waals surface area contributed by atoms with Gasteiger partial charge >= 0.3 is 5.97 Å². The summed E-state index contributed by atoms with van der Waals surface area (Å²) in [7, 11) is 0. The summed E-state index contributed by atoms with van der Waals surface area (Å²) in [5.41, 5.74) is 1.40. The van der Waals surface area contributed by atoms with Crippen LogP contribution < -0.4 is 5.32 Å². The van der Waals surface area contributed by atoms with Gasteiger partial charge in [-0.05, 0) is 45.1 Å². The van der Waals surface area contributed by atoms with Crippen molar-refractivity contribution in [2.75, 3.05) is 11.9 Å². The summed E-state index contributed by atoms with van der Waals surface area (Å²) in [4.78, 5) is 25.3. The molecule has 0 spiro atoms. The Balaban J connectivity index is 2.20. The molecule has 4 nitrogen and oxygen atoms in total. The maximum atomic E-state index is 12.2. The summed E-state index contributed by atoms with van der Waals surface area (Å²) in [6, 6.07) is 0. The Kier molecular flexibility index (Phi) is 4.48. The van der Waals surface area contributed by atoms with E-state index in [2.05, 4.69) is 5.32 Å². The molecule has 5 heteroatoms. The molecule has 1 N–H and O–H groups in total. The number of rotatable bonds is 5. The molecular formula is C15H21NO3S. The zero-order valence-corrected chi connectivity index (χ0v) is 13.2. The monoisotopic (exact) mass is 295 g/mol. The predicted molar refractivity (Wildman–Crippen MR) is 80.3 cm³/mol. The highest BCUT2D eigenvalue weighted by atomic mass is 32.1. The molecule has 1 atom stereocenters. The summed E-state index contributed by atoms with van der Waals surface area (Å²) < 4.78 is 5.08. The van der Waals surface area contributed by atoms with Crippen LogP contribution in [0.5, 0.6) is 0 Å². The summed E-state index contributed by atoms with van der Waals surface area (Å²) in [5, 5.41) is 3.53. The van der Waals surface area contributed by atoms with Crippen molar-refractivity contribution in [3.8, 4) is 0 Å². The van der Waals surface area contributed by atoms with Crippen molar-refractivity contribution in [1.29, 1.82) is 0 Å². The Hall–Kier alpha value is -1.36. The van der Waals surface area contributed by atoms with Crippen LogP contribution in [0.2, 0.25) is 0 Å². The van der Waals surface area contributed by atoms with Gasteiger partial charge in [-0.3, -0.25) is 4.79 Å². The van der Waals surface area contributed by atoms with Gasteiger partial charge in [0.15, 0.2) is 0 Å². The standard InChI is InChI=1S/C15H21NO3S/c1-5-19-15(18)12-8(2)10(4)20-14(12)16-13(17)9(3)11-6-7-11/h9,11H,5-7H2,1-4H3,(H,16,17). The molecule has 20 heavy (non-hydrogen) atoms. The van der Waals surface area contributed by atoms with Crippen LogP contribution in [-0.4, -0.2) is 18.5 Å². The number of nitrogens with one attached hydrogen (secondary N) is 1. The number of amides is 1. The number of esters is 1. The van der Waals surface area contributed by atoms with Crippen LogP contribution in [0.3, 0.4) is 0 Å². The zero-order chi connectivity index (χ0) is 14.9. The van der Waals surface area contributed by atoms with E-state index in [1.165, 1.54) is 11.3 Å². The van der Waals surface area contributed by atoms with E-state index < -0.39 is 0 Å². The average molecular weight is 295 g/mol. The Labute approximate surface area is 123 Å². The van der Waals surface area contributed by atoms with Gasteiger partial charge < -0.3 is 10.1 Å². The summed E-state index contributed by atoms with van der Waals surface area (Å²) >= 11 is 1.44. The van der Waals surface area contributed by atoms with Gasteiger partial charge in [0.05, 0.1) is 12.2 Å². The molecule has 1 saturated carbocycles. The van der Waals surface area contributed by atoms with Crippen LogP contribution in [0.4, 0.5) is 5.00 Å². The fourth-order valence-corrected chi connectivity index (χ4v) is 3.25. The first-order valence-electron chi connectivity index (χ1n) is 7.03. The van der Waals surface area contributed by atoms with Crippen LogP contribution in [0.25, 0.3) is 0 Å². The van der Waals surface area contributed by atoms with Crippen molar-refractivity contribution >= 4 is 28.2 Å². The maximum Gasteiger partial charge on any atom is 0.341 e. The number of carbonyl (C=O) groups excluding carboxylic acids is 2. The SMILES string of the molecule is CCOC(=O)c1c(NC(=O)C(C)C2CC2)sc(C)c1C. The van der Waals surface area contributed by atoms with Gasteiger partial charge in [0.25, 0.3) is 0 Å². The van der Waals surface area contributed by atoms with Crippen LogP contribution >= 0.6 is 11.3 Å². The van der Waals surface area contributed by atoms with Crippen molar-refractivity contribution in [1.82, 2.24) is 0 Å². The quantitative estimate of drug-likeness (QED) is 0.845. The van der Waals surface area contributed by atoms with Gasteiger partial charge in [0.2, 0.25) is 5.91 Å². The first-order chi connectivity index (χ1) is 9.45. The highest BCUT2D eigenvalue weighted by molar-refractivity contribution is 7.16. The van der Waals surface area contributed by atoms with E-state index in [9.17, 15) is 9.59 Å². The molecule has 0 bridgehead atoms. The van der Waals surface area contributed by atoms with E-state index in [0.717, 1.165) is 23.3 Å². The fraction of sp³-hybridized carbons (Fsp3) is 0.600. The lowest BCUT2D eigenvalue weighted by Crippen LogP contribution is -2.22. The number of anilines is 1. The lowest BCUT2D eigenvalue weighted by molar-refractivity contribution is -0.119. The summed E-state index contributed by atoms with van der Waals surface area (Å²) in [5.74, 6) is 0.152. The van der Waals surface area contributed by atoms with Gasteiger partial charge in [-0.15, -0.1) is 11.3 Å². The maximum absolute atomic E-state index is 12.2. The van der Waals surface area contributed by atoms with Crippen LogP contribution in [0.15, 0.2) is 0 Å². The van der Waals surface area contributed by atoms with Crippen LogP contribution in [-0.2, 0) is 9.53 Å². The Morgan fingerprint density at radius 1 is 1.40 bits per heavy atom. The molecular weight excluding hydrogens is 274 g/mol. The molecule has 0 aliphatic heterocycles. The molecule has 1 aromatic heterocycles. The smallest absolute Gasteiger partial charge is 0.341 e. The highest BCUT2D eigenvalue weighted by Gasteiger charge is 2.33. The summed E-state index contributed by atoms with van der Waals surface area (Å²) in [6.07, 6.45) is 2.25. The topological polar surface area (TPSA) is 55.4 Å². The molecule has 1 aliphatic rings. The minimum atomic E-state index is -0.358. The van der Waals surface area contributed by atoms with Gasteiger partial charge in [0, 0.05) is 10.8 Å². The number of carbonyl (C=O) groups is 2. The van der Waals surface area contributed by atoms with Crippen LogP contribution in [0, 0.1) is 25.7 Å². The normalized spacial score (nSPS) is 15.8. The summed E-state index contributed by atoms with van der Waals surface area (Å²) in [6.45, 7) is 7.89. The molecule has 1 aromatic rings. The van der Waals surface area contributed by atoms with Crippen molar-refractivity contribution in [3.05, 3.63) is 16.0 Å². The van der Waals surface area contributed by atoms with Crippen molar-refractivity contribution < 1.29 is 14.3 Å². The van der Waals surface area contributed by atoms with Crippen molar-refractivity contribution in [2.24, 2.45) is 11.8 Å². The predicted octanol–water partition coefficient (Wildman–Crippen LogP) is 3.53. The van der Waals surface area contributed by atoms with Gasteiger partial charge in [-0.25, -0.2) is 4.79 Å². The van der Waals surface area contributed by atoms with Gasteiger partial charge in [0.1, 0.15) is 5.00 Å². The molecule has 1 aliphatic carbocycles. The van der Waals surface area contributed by atoms with Gasteiger partial charge in [-0.1, -0.05) is 6.92 Å². The number of hydrogen-bond acceptors (Lipinski definition) is 4. The van der Waals surface area contributed by atoms with E-state index in [1.54, 1.807) is 6.92 Å². The lowest BCUT2D eigenvalue weighted by atomic mass is 10.1. The molecule has 0 radical (unpaired) electrons. The van der Waals surface area contributed by atoms with E-state index in [1.807, 2.05) is 20.8 Å². The number of thiophene rings is 1. The second-order valence-electron chi connectivity index (χ2n) is 5.32. The lowest BCUT2D eigenvalue weighted by Gasteiger charge is -2.11. The van der Waals surface area contributed by atoms with Crippen LogP contribution in [0.1, 0.15) is 47.5 Å². The zero-order valence-electron chi connectivity index (χ0n) is 12.4. The average Bonchev–Trinajstić information content (AvgIpc) is 3.18. The largest absolute Gasteiger partial charge is 0.462 e. The molecule has 1 unspecified atom stereocenters. The fourth-order valence-electron chi connectivity index (χ4n) is 2.20. The van der Waals surface area contributed by atoms with E-state index in [4.69, 9.17) is 4.74 Å². The highest BCUT2D eigenvalue weighted by Crippen LogP contribution is 2.38. The molecule has 2 rings (SSSR count). The number of aryl methyl sites for hydroxylation is 1. The third-order valence-corrected chi connectivity index (χ3v) is 4.97. The Morgan fingerprint density at radius 3 is 2.60 bits per heavy atom. The third kappa shape index (κ3) is 3.03. The third-order valence-electron chi connectivity index (χ3n) is 3.84. The molecule has 0 saturated heterocycles. The first-order valence-corrected chi connectivity index (χ1v) is 7.85. The minimum absolute atomic E-state index is 0.000650. The molecule has 0 aromatic carbocycles. The van der Waals surface area contributed by atoms with Crippen molar-refractivity contribution in [2.45, 2.75) is 40.5 Å². The Morgan fingerprint density at radius 2 is 2.05 bits per heavy atom. The minimum Gasteiger partial charge on any atom is -0.462 e. The van der Waals surface area contributed by atoms with E-state index in [-0.39, 0.29) is 17.8 Å². The van der Waals surface area contributed by atoms with Crippen molar-refractivity contribution in [3.63, 3.8) is 0 Å².